The lowest BCUT2D eigenvalue weighted by Gasteiger charge is -2.29. The summed E-state index contributed by atoms with van der Waals surface area (Å²) in [5.74, 6) is 1.06. The molecule has 3 nitrogen and oxygen atoms in total. The maximum atomic E-state index is 5.78. The van der Waals surface area contributed by atoms with Crippen molar-refractivity contribution in [2.75, 3.05) is 26.7 Å². The Kier molecular flexibility index (Phi) is 3.93. The molecule has 0 aromatic heterocycles. The van der Waals surface area contributed by atoms with E-state index in [1.165, 1.54) is 11.1 Å². The third-order valence-corrected chi connectivity index (χ3v) is 3.46. The van der Waals surface area contributed by atoms with E-state index in [1.807, 2.05) is 0 Å². The predicted octanol–water partition coefficient (Wildman–Crippen LogP) is 2.04. The van der Waals surface area contributed by atoms with Gasteiger partial charge in [0.1, 0.15) is 5.75 Å². The van der Waals surface area contributed by atoms with Gasteiger partial charge in [0.2, 0.25) is 0 Å². The second kappa shape index (κ2) is 5.29. The number of rotatable bonds is 5. The minimum atomic E-state index is 0.175. The van der Waals surface area contributed by atoms with Gasteiger partial charge in [-0.3, -0.25) is 0 Å². The van der Waals surface area contributed by atoms with E-state index in [4.69, 9.17) is 10.5 Å². The Bertz CT molecular complexity index is 415. The molecule has 1 aromatic rings. The number of ether oxygens (including phenoxy) is 1. The number of hydrogen-bond donors (Lipinski definition) is 1. The molecule has 2 rings (SSSR count). The molecule has 1 heterocycles. The van der Waals surface area contributed by atoms with Gasteiger partial charge >= 0.3 is 0 Å². The van der Waals surface area contributed by atoms with Crippen LogP contribution in [0, 0.1) is 5.41 Å². The van der Waals surface area contributed by atoms with Crippen LogP contribution in [0.5, 0.6) is 5.75 Å². The summed E-state index contributed by atoms with van der Waals surface area (Å²) in [6.45, 7) is 7.94. The number of nitrogens with zero attached hydrogens (tertiary/aromatic N) is 1. The maximum Gasteiger partial charge on any atom is 0.122 e. The van der Waals surface area contributed by atoms with Crippen molar-refractivity contribution >= 4 is 0 Å². The molecule has 0 amide bonds. The highest BCUT2D eigenvalue weighted by Crippen LogP contribution is 2.26. The molecule has 0 bridgehead atoms. The highest BCUT2D eigenvalue weighted by Gasteiger charge is 2.18. The van der Waals surface area contributed by atoms with Crippen LogP contribution in [0.25, 0.3) is 0 Å². The standard InChI is InChI=1S/C15H24N2O/c1-15(2,10-16)11-17(3)9-12-4-5-14-13(8-12)6-7-18-14/h4-5,8H,6-7,9-11,16H2,1-3H3. The first kappa shape index (κ1) is 13.4. The summed E-state index contributed by atoms with van der Waals surface area (Å²) in [4.78, 5) is 2.34. The van der Waals surface area contributed by atoms with Gasteiger partial charge in [0, 0.05) is 19.5 Å². The second-order valence-corrected chi connectivity index (χ2v) is 6.08. The summed E-state index contributed by atoms with van der Waals surface area (Å²) in [7, 11) is 2.15. The Morgan fingerprint density at radius 1 is 1.39 bits per heavy atom. The average Bonchev–Trinajstić information content (AvgIpc) is 2.75. The summed E-state index contributed by atoms with van der Waals surface area (Å²) in [5, 5.41) is 0. The number of benzene rings is 1. The van der Waals surface area contributed by atoms with E-state index in [9.17, 15) is 0 Å². The van der Waals surface area contributed by atoms with E-state index in [0.29, 0.717) is 0 Å². The first-order valence-electron chi connectivity index (χ1n) is 6.63. The van der Waals surface area contributed by atoms with Crippen molar-refractivity contribution in [2.45, 2.75) is 26.8 Å². The Labute approximate surface area is 110 Å². The van der Waals surface area contributed by atoms with Gasteiger partial charge in [0.25, 0.3) is 0 Å². The first-order valence-corrected chi connectivity index (χ1v) is 6.63. The summed E-state index contributed by atoms with van der Waals surface area (Å²) < 4.78 is 5.53. The molecule has 0 atom stereocenters. The van der Waals surface area contributed by atoms with Crippen LogP contribution in [0.4, 0.5) is 0 Å². The van der Waals surface area contributed by atoms with Crippen molar-refractivity contribution in [1.29, 1.82) is 0 Å². The Balaban J connectivity index is 1.97. The first-order chi connectivity index (χ1) is 8.50. The van der Waals surface area contributed by atoms with Crippen molar-refractivity contribution in [3.63, 3.8) is 0 Å². The van der Waals surface area contributed by atoms with Crippen LogP contribution in [0.3, 0.4) is 0 Å². The molecule has 2 N–H and O–H groups in total. The summed E-state index contributed by atoms with van der Waals surface area (Å²) in [6, 6.07) is 6.53. The van der Waals surface area contributed by atoms with Crippen LogP contribution in [0.1, 0.15) is 25.0 Å². The van der Waals surface area contributed by atoms with Gasteiger partial charge in [0.05, 0.1) is 6.61 Å². The summed E-state index contributed by atoms with van der Waals surface area (Å²) in [6.07, 6.45) is 1.04. The van der Waals surface area contributed by atoms with Crippen LogP contribution in [0.2, 0.25) is 0 Å². The largest absolute Gasteiger partial charge is 0.493 e. The van der Waals surface area contributed by atoms with Crippen LogP contribution in [-0.4, -0.2) is 31.6 Å². The molecule has 3 heteroatoms. The smallest absolute Gasteiger partial charge is 0.122 e. The molecule has 1 aliphatic rings. The molecule has 0 aliphatic carbocycles. The van der Waals surface area contributed by atoms with Gasteiger partial charge in [-0.05, 0) is 36.2 Å². The Hall–Kier alpha value is -1.06. The summed E-state index contributed by atoms with van der Waals surface area (Å²) in [5.41, 5.74) is 8.66. The molecule has 1 aliphatic heterocycles. The topological polar surface area (TPSA) is 38.5 Å². The van der Waals surface area contributed by atoms with Crippen molar-refractivity contribution in [1.82, 2.24) is 4.90 Å². The maximum absolute atomic E-state index is 5.78. The zero-order valence-electron chi connectivity index (χ0n) is 11.7. The minimum Gasteiger partial charge on any atom is -0.493 e. The monoisotopic (exact) mass is 248 g/mol. The lowest BCUT2D eigenvalue weighted by Crippen LogP contribution is -2.36. The van der Waals surface area contributed by atoms with E-state index >= 15 is 0 Å². The van der Waals surface area contributed by atoms with Crippen molar-refractivity contribution < 1.29 is 4.74 Å². The quantitative estimate of drug-likeness (QED) is 0.866. The number of nitrogens with two attached hydrogens (primary N) is 1. The fourth-order valence-electron chi connectivity index (χ4n) is 2.50. The van der Waals surface area contributed by atoms with Crippen molar-refractivity contribution in [3.05, 3.63) is 29.3 Å². The zero-order chi connectivity index (χ0) is 13.2. The zero-order valence-corrected chi connectivity index (χ0v) is 11.7. The second-order valence-electron chi connectivity index (χ2n) is 6.08. The molecule has 18 heavy (non-hydrogen) atoms. The van der Waals surface area contributed by atoms with Gasteiger partial charge in [-0.1, -0.05) is 26.0 Å². The molecule has 0 saturated heterocycles. The van der Waals surface area contributed by atoms with Crippen LogP contribution in [-0.2, 0) is 13.0 Å². The molecule has 0 spiro atoms. The number of fused-ring (bicyclic) bond motifs is 1. The van der Waals surface area contributed by atoms with Gasteiger partial charge in [-0.15, -0.1) is 0 Å². The number of hydrogen-bond acceptors (Lipinski definition) is 3. The van der Waals surface area contributed by atoms with Crippen LogP contribution < -0.4 is 10.5 Å². The average molecular weight is 248 g/mol. The molecule has 0 unspecified atom stereocenters. The minimum absolute atomic E-state index is 0.175. The molecule has 0 fully saturated rings. The van der Waals surface area contributed by atoms with E-state index < -0.39 is 0 Å². The van der Waals surface area contributed by atoms with Gasteiger partial charge in [-0.25, -0.2) is 0 Å². The van der Waals surface area contributed by atoms with E-state index in [0.717, 1.165) is 38.4 Å². The van der Waals surface area contributed by atoms with Crippen LogP contribution in [0.15, 0.2) is 18.2 Å². The molecule has 1 aromatic carbocycles. The highest BCUT2D eigenvalue weighted by molar-refractivity contribution is 5.39. The molecule has 100 valence electrons. The SMILES string of the molecule is CN(Cc1ccc2c(c1)CCO2)CC(C)(C)CN. The fraction of sp³-hybridized carbons (Fsp3) is 0.600. The van der Waals surface area contributed by atoms with Gasteiger partial charge < -0.3 is 15.4 Å². The lowest BCUT2D eigenvalue weighted by molar-refractivity contribution is 0.210. The Morgan fingerprint density at radius 3 is 2.89 bits per heavy atom. The lowest BCUT2D eigenvalue weighted by atomic mass is 9.93. The molecular formula is C15H24N2O. The fourth-order valence-corrected chi connectivity index (χ4v) is 2.50. The van der Waals surface area contributed by atoms with E-state index in [1.54, 1.807) is 0 Å². The third-order valence-electron chi connectivity index (χ3n) is 3.46. The van der Waals surface area contributed by atoms with Crippen LogP contribution >= 0.6 is 0 Å². The normalized spacial score (nSPS) is 14.7. The third kappa shape index (κ3) is 3.24. The van der Waals surface area contributed by atoms with E-state index in [-0.39, 0.29) is 5.41 Å². The van der Waals surface area contributed by atoms with Gasteiger partial charge in [-0.2, -0.15) is 0 Å². The van der Waals surface area contributed by atoms with Gasteiger partial charge in [0.15, 0.2) is 0 Å². The molecule has 0 saturated carbocycles. The van der Waals surface area contributed by atoms with Crippen molar-refractivity contribution in [2.24, 2.45) is 11.1 Å². The predicted molar refractivity (Wildman–Crippen MR) is 74.8 cm³/mol. The summed E-state index contributed by atoms with van der Waals surface area (Å²) >= 11 is 0. The highest BCUT2D eigenvalue weighted by atomic mass is 16.5. The Morgan fingerprint density at radius 2 is 2.17 bits per heavy atom. The van der Waals surface area contributed by atoms with Crippen molar-refractivity contribution in [3.8, 4) is 5.75 Å². The van der Waals surface area contributed by atoms with E-state index in [2.05, 4.69) is 44.0 Å². The molecular weight excluding hydrogens is 224 g/mol. The molecule has 0 radical (unpaired) electrons.